The van der Waals surface area contributed by atoms with Crippen LogP contribution in [0.2, 0.25) is 5.02 Å². The van der Waals surface area contributed by atoms with E-state index in [0.717, 1.165) is 37.0 Å². The van der Waals surface area contributed by atoms with Gasteiger partial charge in [0.25, 0.3) is 5.91 Å². The van der Waals surface area contributed by atoms with Crippen molar-refractivity contribution >= 4 is 29.1 Å². The first-order valence-corrected chi connectivity index (χ1v) is 8.84. The van der Waals surface area contributed by atoms with Crippen LogP contribution in [0, 0.1) is 0 Å². The second-order valence-electron chi connectivity index (χ2n) is 6.47. The summed E-state index contributed by atoms with van der Waals surface area (Å²) in [5, 5.41) is 7.38. The monoisotopic (exact) mass is 359 g/mol. The molecule has 0 spiro atoms. The fourth-order valence-electron chi connectivity index (χ4n) is 3.52. The molecule has 130 valence electrons. The zero-order valence-electron chi connectivity index (χ0n) is 13.6. The van der Waals surface area contributed by atoms with Crippen LogP contribution in [-0.4, -0.2) is 29.6 Å². The summed E-state index contributed by atoms with van der Waals surface area (Å²) in [7, 11) is 0. The molecule has 1 aromatic heterocycles. The number of hydrogen-bond acceptors (Lipinski definition) is 4. The number of nitrogens with one attached hydrogen (secondary N) is 1. The first kappa shape index (κ1) is 16.1. The summed E-state index contributed by atoms with van der Waals surface area (Å²) < 4.78 is 5.29. The zero-order chi connectivity index (χ0) is 17.4. The summed E-state index contributed by atoms with van der Waals surface area (Å²) in [4.78, 5) is 26.5. The van der Waals surface area contributed by atoms with Gasteiger partial charge in [-0.25, -0.2) is 0 Å². The molecule has 1 aliphatic carbocycles. The van der Waals surface area contributed by atoms with Gasteiger partial charge in [0.15, 0.2) is 5.69 Å². The van der Waals surface area contributed by atoms with Crippen LogP contribution in [0.25, 0.3) is 0 Å². The molecule has 0 unspecified atom stereocenters. The molecular weight excluding hydrogens is 342 g/mol. The number of carbonyl (C=O) groups is 2. The van der Waals surface area contributed by atoms with E-state index in [-0.39, 0.29) is 24.3 Å². The zero-order valence-corrected chi connectivity index (χ0v) is 14.4. The van der Waals surface area contributed by atoms with E-state index < -0.39 is 0 Å². The number of aryl methyl sites for hydroxylation is 1. The normalized spacial score (nSPS) is 19.8. The van der Waals surface area contributed by atoms with Gasteiger partial charge in [-0.05, 0) is 31.4 Å². The van der Waals surface area contributed by atoms with E-state index in [1.807, 2.05) is 12.1 Å². The highest BCUT2D eigenvalue weighted by Gasteiger charge is 2.34. The predicted molar refractivity (Wildman–Crippen MR) is 92.8 cm³/mol. The molecule has 0 saturated carbocycles. The van der Waals surface area contributed by atoms with Crippen LogP contribution in [0.5, 0.6) is 0 Å². The van der Waals surface area contributed by atoms with E-state index in [0.29, 0.717) is 22.9 Å². The highest BCUT2D eigenvalue weighted by Crippen LogP contribution is 2.29. The number of amides is 2. The van der Waals surface area contributed by atoms with Crippen molar-refractivity contribution in [1.29, 1.82) is 0 Å². The first-order valence-electron chi connectivity index (χ1n) is 8.46. The Kier molecular flexibility index (Phi) is 4.21. The number of hydrogen-bond donors (Lipinski definition) is 1. The molecule has 1 saturated heterocycles. The lowest BCUT2D eigenvalue weighted by molar-refractivity contribution is -0.117. The Balaban J connectivity index is 1.47. The first-order chi connectivity index (χ1) is 12.1. The van der Waals surface area contributed by atoms with Crippen molar-refractivity contribution in [3.63, 3.8) is 0 Å². The molecule has 0 radical (unpaired) electrons. The molecule has 6 nitrogen and oxygen atoms in total. The molecule has 25 heavy (non-hydrogen) atoms. The Bertz CT molecular complexity index is 833. The van der Waals surface area contributed by atoms with E-state index in [9.17, 15) is 9.59 Å². The summed E-state index contributed by atoms with van der Waals surface area (Å²) >= 11 is 6.18. The van der Waals surface area contributed by atoms with Gasteiger partial charge < -0.3 is 14.7 Å². The van der Waals surface area contributed by atoms with Crippen LogP contribution in [0.3, 0.4) is 0 Å². The van der Waals surface area contributed by atoms with Crippen LogP contribution in [-0.2, 0) is 17.6 Å². The van der Waals surface area contributed by atoms with Crippen molar-refractivity contribution in [1.82, 2.24) is 10.5 Å². The standard InChI is InChI=1S/C18H18ClN3O3/c19-13-6-2-3-7-14(13)22-10-11(9-16(22)23)20-18(24)17-12-5-1-4-8-15(12)25-21-17/h2-3,6-7,11H,1,4-5,8-10H2,(H,20,24)/t11-/m1/s1. The van der Waals surface area contributed by atoms with Crippen LogP contribution in [0.15, 0.2) is 28.8 Å². The van der Waals surface area contributed by atoms with Gasteiger partial charge in [-0.3, -0.25) is 9.59 Å². The quantitative estimate of drug-likeness (QED) is 0.914. The molecule has 1 N–H and O–H groups in total. The predicted octanol–water partition coefficient (Wildman–Crippen LogP) is 2.74. The van der Waals surface area contributed by atoms with Gasteiger partial charge >= 0.3 is 0 Å². The van der Waals surface area contributed by atoms with E-state index in [1.54, 1.807) is 17.0 Å². The fraction of sp³-hybridized carbons (Fsp3) is 0.389. The summed E-state index contributed by atoms with van der Waals surface area (Å²) in [6, 6.07) is 6.93. The molecule has 2 aliphatic rings. The van der Waals surface area contributed by atoms with Crippen LogP contribution in [0.1, 0.15) is 41.1 Å². The lowest BCUT2D eigenvalue weighted by Gasteiger charge is -2.18. The molecule has 7 heteroatoms. The second kappa shape index (κ2) is 6.52. The van der Waals surface area contributed by atoms with E-state index >= 15 is 0 Å². The van der Waals surface area contributed by atoms with Gasteiger partial charge in [-0.15, -0.1) is 0 Å². The average molecular weight is 360 g/mol. The van der Waals surface area contributed by atoms with Gasteiger partial charge in [0, 0.05) is 24.9 Å². The topological polar surface area (TPSA) is 75.4 Å². The minimum Gasteiger partial charge on any atom is -0.360 e. The fourth-order valence-corrected chi connectivity index (χ4v) is 3.76. The molecule has 1 fully saturated rings. The Morgan fingerprint density at radius 1 is 1.28 bits per heavy atom. The van der Waals surface area contributed by atoms with Crippen LogP contribution in [0.4, 0.5) is 5.69 Å². The molecule has 4 rings (SSSR count). The highest BCUT2D eigenvalue weighted by atomic mass is 35.5. The summed E-state index contributed by atoms with van der Waals surface area (Å²) in [6.45, 7) is 0.397. The van der Waals surface area contributed by atoms with Gasteiger partial charge in [0.05, 0.1) is 16.8 Å². The van der Waals surface area contributed by atoms with Crippen molar-refractivity contribution < 1.29 is 14.1 Å². The van der Waals surface area contributed by atoms with Gasteiger partial charge in [0.1, 0.15) is 5.76 Å². The minimum absolute atomic E-state index is 0.0550. The summed E-state index contributed by atoms with van der Waals surface area (Å²) in [6.07, 6.45) is 4.00. The molecule has 1 aliphatic heterocycles. The van der Waals surface area contributed by atoms with Crippen molar-refractivity contribution in [3.05, 3.63) is 46.3 Å². The number of para-hydroxylation sites is 1. The molecule has 1 atom stereocenters. The maximum absolute atomic E-state index is 12.6. The minimum atomic E-state index is -0.272. The lowest BCUT2D eigenvalue weighted by Crippen LogP contribution is -2.37. The second-order valence-corrected chi connectivity index (χ2v) is 6.88. The van der Waals surface area contributed by atoms with Crippen molar-refractivity contribution in [3.8, 4) is 0 Å². The molecule has 0 bridgehead atoms. The lowest BCUT2D eigenvalue weighted by atomic mass is 9.96. The van der Waals surface area contributed by atoms with Gasteiger partial charge in [-0.2, -0.15) is 0 Å². The average Bonchev–Trinajstić information content (AvgIpc) is 3.19. The smallest absolute Gasteiger partial charge is 0.274 e. The van der Waals surface area contributed by atoms with E-state index in [4.69, 9.17) is 16.1 Å². The molecule has 2 aromatic rings. The maximum Gasteiger partial charge on any atom is 0.274 e. The molecular formula is C18H18ClN3O3. The number of rotatable bonds is 3. The Hall–Kier alpha value is -2.34. The van der Waals surface area contributed by atoms with Gasteiger partial charge in [-0.1, -0.05) is 28.9 Å². The number of anilines is 1. The Morgan fingerprint density at radius 3 is 2.92 bits per heavy atom. The molecule has 2 amide bonds. The number of halogens is 1. The number of fused-ring (bicyclic) bond motifs is 1. The van der Waals surface area contributed by atoms with Crippen molar-refractivity contribution in [2.45, 2.75) is 38.1 Å². The third-order valence-corrected chi connectivity index (χ3v) is 5.09. The van der Waals surface area contributed by atoms with E-state index in [2.05, 4.69) is 10.5 Å². The molecule has 1 aromatic carbocycles. The van der Waals surface area contributed by atoms with Crippen LogP contribution < -0.4 is 10.2 Å². The van der Waals surface area contributed by atoms with Crippen molar-refractivity contribution in [2.24, 2.45) is 0 Å². The number of nitrogens with zero attached hydrogens (tertiary/aromatic N) is 2. The number of benzene rings is 1. The third-order valence-electron chi connectivity index (χ3n) is 4.77. The summed E-state index contributed by atoms with van der Waals surface area (Å²) in [5.74, 6) is 0.489. The van der Waals surface area contributed by atoms with Crippen LogP contribution >= 0.6 is 11.6 Å². The summed E-state index contributed by atoms with van der Waals surface area (Å²) in [5.41, 5.74) is 1.94. The molecule has 2 heterocycles. The van der Waals surface area contributed by atoms with Gasteiger partial charge in [0.2, 0.25) is 5.91 Å². The SMILES string of the molecule is O=C(N[C@@H]1CC(=O)N(c2ccccc2Cl)C1)c1noc2c1CCCC2. The van der Waals surface area contributed by atoms with Crippen molar-refractivity contribution in [2.75, 3.05) is 11.4 Å². The largest absolute Gasteiger partial charge is 0.360 e. The number of aromatic nitrogens is 1. The number of carbonyl (C=O) groups excluding carboxylic acids is 2. The third kappa shape index (κ3) is 3.02. The highest BCUT2D eigenvalue weighted by molar-refractivity contribution is 6.33. The Morgan fingerprint density at radius 2 is 2.08 bits per heavy atom. The maximum atomic E-state index is 12.6. The Labute approximate surface area is 150 Å². The van der Waals surface area contributed by atoms with E-state index in [1.165, 1.54) is 0 Å².